The van der Waals surface area contributed by atoms with Gasteiger partial charge >= 0.3 is 0 Å². The minimum Gasteiger partial charge on any atom is -0.383 e. The summed E-state index contributed by atoms with van der Waals surface area (Å²) in [4.78, 5) is 20.3. The van der Waals surface area contributed by atoms with Gasteiger partial charge in [-0.05, 0) is 13.3 Å². The zero-order chi connectivity index (χ0) is 17.4. The van der Waals surface area contributed by atoms with E-state index in [1.807, 2.05) is 6.92 Å². The van der Waals surface area contributed by atoms with Crippen LogP contribution in [0.1, 0.15) is 34.9 Å². The Balaban J connectivity index is 2.06. The monoisotopic (exact) mass is 355 g/mol. The summed E-state index contributed by atoms with van der Waals surface area (Å²) in [7, 11) is 1.63. The third kappa shape index (κ3) is 5.70. The third-order valence-electron chi connectivity index (χ3n) is 3.78. The molecule has 2 heterocycles. The Labute approximate surface area is 148 Å². The lowest BCUT2D eigenvalue weighted by atomic mass is 10.3. The van der Waals surface area contributed by atoms with Crippen LogP contribution in [0.25, 0.3) is 0 Å². The Kier molecular flexibility index (Phi) is 7.90. The lowest BCUT2D eigenvalue weighted by Gasteiger charge is -2.26. The fraction of sp³-hybridized carbons (Fsp3) is 0.750. The Morgan fingerprint density at radius 2 is 2.21 bits per heavy atom. The number of anilines is 1. The van der Waals surface area contributed by atoms with Crippen LogP contribution in [-0.2, 0) is 11.3 Å². The van der Waals surface area contributed by atoms with Gasteiger partial charge in [-0.25, -0.2) is 4.98 Å². The summed E-state index contributed by atoms with van der Waals surface area (Å²) in [6.07, 6.45) is 0.992. The van der Waals surface area contributed by atoms with Crippen LogP contribution in [0.3, 0.4) is 0 Å². The molecule has 1 amide bonds. The van der Waals surface area contributed by atoms with Gasteiger partial charge < -0.3 is 20.7 Å². The van der Waals surface area contributed by atoms with Crippen molar-refractivity contribution >= 4 is 23.1 Å². The van der Waals surface area contributed by atoms with Crippen LogP contribution < -0.4 is 16.0 Å². The van der Waals surface area contributed by atoms with Crippen molar-refractivity contribution in [3.63, 3.8) is 0 Å². The summed E-state index contributed by atoms with van der Waals surface area (Å²) in [5, 5.41) is 10.6. The second-order valence-electron chi connectivity index (χ2n) is 6.07. The lowest BCUT2D eigenvalue weighted by Crippen LogP contribution is -2.42. The van der Waals surface area contributed by atoms with E-state index in [-0.39, 0.29) is 11.9 Å². The fourth-order valence-electron chi connectivity index (χ4n) is 2.59. The molecule has 8 heteroatoms. The van der Waals surface area contributed by atoms with Crippen molar-refractivity contribution < 1.29 is 9.53 Å². The average molecular weight is 356 g/mol. The van der Waals surface area contributed by atoms with E-state index in [2.05, 4.69) is 32.8 Å². The summed E-state index contributed by atoms with van der Waals surface area (Å²) in [6, 6.07) is -0.0276. The highest BCUT2D eigenvalue weighted by Crippen LogP contribution is 2.24. The number of carbonyl (C=O) groups is 1. The molecule has 1 aliphatic heterocycles. The van der Waals surface area contributed by atoms with Gasteiger partial charge in [-0.1, -0.05) is 6.92 Å². The van der Waals surface area contributed by atoms with E-state index in [0.717, 1.165) is 50.7 Å². The maximum atomic E-state index is 12.6. The average Bonchev–Trinajstić information content (AvgIpc) is 2.97. The number of nitrogens with one attached hydrogen (secondary N) is 3. The van der Waals surface area contributed by atoms with Gasteiger partial charge in [0, 0.05) is 45.9 Å². The number of amides is 1. The first-order chi connectivity index (χ1) is 11.6. The molecule has 0 radical (unpaired) electrons. The van der Waals surface area contributed by atoms with Crippen molar-refractivity contribution in [2.75, 3.05) is 51.8 Å². The zero-order valence-electron chi connectivity index (χ0n) is 14.9. The molecule has 136 valence electrons. The Bertz CT molecular complexity index is 517. The Hall–Kier alpha value is -1.22. The van der Waals surface area contributed by atoms with Gasteiger partial charge in [0.15, 0.2) is 0 Å². The van der Waals surface area contributed by atoms with Crippen molar-refractivity contribution in [1.29, 1.82) is 0 Å². The van der Waals surface area contributed by atoms with E-state index in [0.29, 0.717) is 17.3 Å². The summed E-state index contributed by atoms with van der Waals surface area (Å²) in [5.41, 5.74) is 0. The van der Waals surface area contributed by atoms with Gasteiger partial charge in [0.05, 0.1) is 13.2 Å². The van der Waals surface area contributed by atoms with Crippen LogP contribution >= 0.6 is 11.3 Å². The maximum absolute atomic E-state index is 12.6. The molecule has 24 heavy (non-hydrogen) atoms. The van der Waals surface area contributed by atoms with Crippen LogP contribution in [0.2, 0.25) is 0 Å². The number of hydrogen-bond acceptors (Lipinski definition) is 7. The van der Waals surface area contributed by atoms with Crippen molar-refractivity contribution in [1.82, 2.24) is 20.5 Å². The first-order valence-corrected chi connectivity index (χ1v) is 9.42. The third-order valence-corrected chi connectivity index (χ3v) is 4.82. The second kappa shape index (κ2) is 9.93. The first-order valence-electron chi connectivity index (χ1n) is 8.60. The predicted octanol–water partition coefficient (Wildman–Crippen LogP) is 1.13. The van der Waals surface area contributed by atoms with Crippen LogP contribution in [0.5, 0.6) is 0 Å². The fourth-order valence-corrected chi connectivity index (χ4v) is 3.58. The van der Waals surface area contributed by atoms with E-state index >= 15 is 0 Å². The highest BCUT2D eigenvalue weighted by molar-refractivity contribution is 7.14. The van der Waals surface area contributed by atoms with Crippen molar-refractivity contribution in [2.45, 2.75) is 32.9 Å². The summed E-state index contributed by atoms with van der Waals surface area (Å²) in [5.74, 6) is 0.622. The summed E-state index contributed by atoms with van der Waals surface area (Å²) >= 11 is 1.48. The number of nitrogens with zero attached hydrogens (tertiary/aromatic N) is 2. The van der Waals surface area contributed by atoms with Gasteiger partial charge in [-0.3, -0.25) is 9.69 Å². The van der Waals surface area contributed by atoms with Gasteiger partial charge in [-0.15, -0.1) is 11.3 Å². The van der Waals surface area contributed by atoms with Gasteiger partial charge in [0.25, 0.3) is 5.91 Å². The van der Waals surface area contributed by atoms with Gasteiger partial charge in [0.2, 0.25) is 0 Å². The number of rotatable bonds is 9. The molecule has 2 rings (SSSR count). The molecular weight excluding hydrogens is 326 g/mol. The van der Waals surface area contributed by atoms with Crippen LogP contribution in [0, 0.1) is 0 Å². The van der Waals surface area contributed by atoms with Crippen LogP contribution in [0.15, 0.2) is 0 Å². The minimum absolute atomic E-state index is 0.0276. The van der Waals surface area contributed by atoms with Crippen molar-refractivity contribution in [3.8, 4) is 0 Å². The highest BCUT2D eigenvalue weighted by atomic mass is 32.1. The van der Waals surface area contributed by atoms with E-state index in [4.69, 9.17) is 4.74 Å². The van der Waals surface area contributed by atoms with E-state index in [1.54, 1.807) is 7.11 Å². The molecule has 0 aromatic carbocycles. The smallest absolute Gasteiger partial charge is 0.265 e. The standard InChI is InChI=1S/C16H29N5O2S/c1-4-5-18-15-14(16(22)19-12(2)11-23-3)24-13(20-15)10-21-8-6-17-7-9-21/h12,17-18H,4-11H2,1-3H3,(H,19,22). The van der Waals surface area contributed by atoms with Gasteiger partial charge in [-0.2, -0.15) is 0 Å². The molecule has 7 nitrogen and oxygen atoms in total. The van der Waals surface area contributed by atoms with E-state index in [1.165, 1.54) is 11.3 Å². The number of carbonyl (C=O) groups excluding carboxylic acids is 1. The molecule has 0 saturated carbocycles. The molecule has 3 N–H and O–H groups in total. The first kappa shape index (κ1) is 19.1. The normalized spacial score (nSPS) is 16.8. The number of hydrogen-bond donors (Lipinski definition) is 3. The summed E-state index contributed by atoms with van der Waals surface area (Å²) < 4.78 is 5.09. The molecule has 1 atom stereocenters. The molecule has 0 bridgehead atoms. The summed E-state index contributed by atoms with van der Waals surface area (Å²) in [6.45, 7) is 10.2. The second-order valence-corrected chi connectivity index (χ2v) is 7.15. The zero-order valence-corrected chi connectivity index (χ0v) is 15.7. The Morgan fingerprint density at radius 3 is 2.88 bits per heavy atom. The Morgan fingerprint density at radius 1 is 1.46 bits per heavy atom. The molecule has 0 spiro atoms. The van der Waals surface area contributed by atoms with Crippen LogP contribution in [0.4, 0.5) is 5.82 Å². The molecule has 1 aliphatic rings. The number of piperazine rings is 1. The minimum atomic E-state index is -0.0813. The number of ether oxygens (including phenoxy) is 1. The molecule has 1 aromatic rings. The number of aromatic nitrogens is 1. The van der Waals surface area contributed by atoms with Crippen molar-refractivity contribution in [3.05, 3.63) is 9.88 Å². The molecule has 1 aromatic heterocycles. The molecular formula is C16H29N5O2S. The van der Waals surface area contributed by atoms with Crippen LogP contribution in [-0.4, -0.2) is 68.3 Å². The maximum Gasteiger partial charge on any atom is 0.265 e. The molecule has 1 saturated heterocycles. The highest BCUT2D eigenvalue weighted by Gasteiger charge is 2.21. The SMILES string of the molecule is CCCNc1nc(CN2CCNCC2)sc1C(=O)NC(C)COC. The number of thiazole rings is 1. The van der Waals surface area contributed by atoms with Gasteiger partial charge in [0.1, 0.15) is 15.7 Å². The number of methoxy groups -OCH3 is 1. The van der Waals surface area contributed by atoms with E-state index in [9.17, 15) is 4.79 Å². The largest absolute Gasteiger partial charge is 0.383 e. The van der Waals surface area contributed by atoms with E-state index < -0.39 is 0 Å². The quantitative estimate of drug-likeness (QED) is 0.616. The lowest BCUT2D eigenvalue weighted by molar-refractivity contribution is 0.0910. The topological polar surface area (TPSA) is 78.5 Å². The molecule has 1 fully saturated rings. The molecule has 1 unspecified atom stereocenters. The molecule has 0 aliphatic carbocycles. The predicted molar refractivity (Wildman–Crippen MR) is 97.8 cm³/mol. The van der Waals surface area contributed by atoms with Crippen molar-refractivity contribution in [2.24, 2.45) is 0 Å².